The molecule has 4 heterocycles. The molecule has 0 N–H and O–H groups in total. The fourth-order valence-corrected chi connectivity index (χ4v) is 3.69. The Morgan fingerprint density at radius 2 is 2.08 bits per heavy atom. The van der Waals surface area contributed by atoms with Gasteiger partial charge in [0.1, 0.15) is 5.82 Å². The van der Waals surface area contributed by atoms with E-state index >= 15 is 0 Å². The molecule has 8 heteroatoms. The molecule has 25 heavy (non-hydrogen) atoms. The summed E-state index contributed by atoms with van der Waals surface area (Å²) in [5.74, 6) is 1.47. The predicted octanol–water partition coefficient (Wildman–Crippen LogP) is 0.391. The number of hydrogen-bond acceptors (Lipinski definition) is 6. The molecule has 1 atom stereocenters. The normalized spacial score (nSPS) is 22.6. The molecule has 2 aliphatic heterocycles. The van der Waals surface area contributed by atoms with Gasteiger partial charge in [-0.1, -0.05) is 5.16 Å². The molecular weight excluding hydrogens is 320 g/mol. The number of fused-ring (bicyclic) bond motifs is 1. The first-order valence-corrected chi connectivity index (χ1v) is 8.80. The quantitative estimate of drug-likeness (QED) is 0.802. The van der Waals surface area contributed by atoms with Crippen molar-refractivity contribution in [2.45, 2.75) is 13.1 Å². The SMILES string of the molecule is CN1CCN(CC2CN(C(=O)c3ccno3)Cc3nccn3C2)CC1. The number of likely N-dealkylation sites (N-methyl/N-ethyl adjacent to an activating group) is 1. The molecule has 2 aromatic heterocycles. The molecule has 1 saturated heterocycles. The van der Waals surface area contributed by atoms with Crippen LogP contribution < -0.4 is 0 Å². The lowest BCUT2D eigenvalue weighted by atomic mass is 10.1. The maximum atomic E-state index is 12.8. The van der Waals surface area contributed by atoms with Gasteiger partial charge in [0.25, 0.3) is 5.91 Å². The number of piperazine rings is 1. The van der Waals surface area contributed by atoms with E-state index in [9.17, 15) is 4.79 Å². The Labute approximate surface area is 147 Å². The second-order valence-electron chi connectivity index (χ2n) is 7.03. The molecular formula is C17H24N6O2. The Bertz CT molecular complexity index is 705. The molecule has 134 valence electrons. The van der Waals surface area contributed by atoms with Crippen molar-refractivity contribution in [3.05, 3.63) is 36.2 Å². The fourth-order valence-electron chi connectivity index (χ4n) is 3.69. The van der Waals surface area contributed by atoms with Crippen LogP contribution in [0.2, 0.25) is 0 Å². The minimum Gasteiger partial charge on any atom is -0.351 e. The first kappa shape index (κ1) is 16.3. The van der Waals surface area contributed by atoms with Crippen molar-refractivity contribution in [1.29, 1.82) is 0 Å². The number of rotatable bonds is 3. The second-order valence-corrected chi connectivity index (χ2v) is 7.03. The molecule has 1 amide bonds. The number of carbonyl (C=O) groups excluding carboxylic acids is 1. The number of carbonyl (C=O) groups is 1. The molecule has 0 spiro atoms. The largest absolute Gasteiger partial charge is 0.351 e. The van der Waals surface area contributed by atoms with Gasteiger partial charge in [0.15, 0.2) is 0 Å². The lowest BCUT2D eigenvalue weighted by Crippen LogP contribution is -2.47. The minimum atomic E-state index is -0.114. The van der Waals surface area contributed by atoms with Crippen molar-refractivity contribution in [2.24, 2.45) is 5.92 Å². The molecule has 0 radical (unpaired) electrons. The Kier molecular flexibility index (Phi) is 4.54. The Balaban J connectivity index is 1.50. The number of imidazole rings is 1. The van der Waals surface area contributed by atoms with E-state index in [2.05, 4.69) is 31.6 Å². The fraction of sp³-hybridized carbons (Fsp3) is 0.588. The molecule has 2 aliphatic rings. The number of nitrogens with zero attached hydrogens (tertiary/aromatic N) is 6. The van der Waals surface area contributed by atoms with E-state index < -0.39 is 0 Å². The van der Waals surface area contributed by atoms with Gasteiger partial charge in [0, 0.05) is 70.2 Å². The van der Waals surface area contributed by atoms with Crippen molar-refractivity contribution >= 4 is 5.91 Å². The average molecular weight is 344 g/mol. The topological polar surface area (TPSA) is 70.6 Å². The zero-order valence-electron chi connectivity index (χ0n) is 14.5. The Morgan fingerprint density at radius 1 is 1.24 bits per heavy atom. The summed E-state index contributed by atoms with van der Waals surface area (Å²) in [6.07, 6.45) is 5.33. The summed E-state index contributed by atoms with van der Waals surface area (Å²) in [6, 6.07) is 1.62. The van der Waals surface area contributed by atoms with Crippen molar-refractivity contribution in [3.8, 4) is 0 Å². The second kappa shape index (κ2) is 6.97. The zero-order chi connectivity index (χ0) is 17.2. The summed E-state index contributed by atoms with van der Waals surface area (Å²) < 4.78 is 7.25. The van der Waals surface area contributed by atoms with Crippen molar-refractivity contribution < 1.29 is 9.32 Å². The van der Waals surface area contributed by atoms with E-state index in [1.807, 2.05) is 17.3 Å². The summed E-state index contributed by atoms with van der Waals surface area (Å²) in [5.41, 5.74) is 0. The van der Waals surface area contributed by atoms with Gasteiger partial charge in [-0.05, 0) is 7.05 Å². The van der Waals surface area contributed by atoms with Crippen LogP contribution in [0.5, 0.6) is 0 Å². The third-order valence-electron chi connectivity index (χ3n) is 5.12. The van der Waals surface area contributed by atoms with E-state index in [1.54, 1.807) is 6.07 Å². The molecule has 8 nitrogen and oxygen atoms in total. The van der Waals surface area contributed by atoms with Crippen LogP contribution in [0.4, 0.5) is 0 Å². The summed E-state index contributed by atoms with van der Waals surface area (Å²) >= 11 is 0. The van der Waals surface area contributed by atoms with Crippen LogP contribution in [0.3, 0.4) is 0 Å². The predicted molar refractivity (Wildman–Crippen MR) is 90.9 cm³/mol. The smallest absolute Gasteiger partial charge is 0.292 e. The third-order valence-corrected chi connectivity index (χ3v) is 5.12. The lowest BCUT2D eigenvalue weighted by molar-refractivity contribution is 0.0645. The monoisotopic (exact) mass is 344 g/mol. The van der Waals surface area contributed by atoms with Gasteiger partial charge in [0.05, 0.1) is 12.7 Å². The van der Waals surface area contributed by atoms with Crippen LogP contribution in [-0.2, 0) is 13.1 Å². The number of amides is 1. The Morgan fingerprint density at radius 3 is 2.84 bits per heavy atom. The van der Waals surface area contributed by atoms with E-state index in [4.69, 9.17) is 4.52 Å². The van der Waals surface area contributed by atoms with Gasteiger partial charge in [-0.25, -0.2) is 4.98 Å². The van der Waals surface area contributed by atoms with Crippen molar-refractivity contribution in [2.75, 3.05) is 46.3 Å². The van der Waals surface area contributed by atoms with Gasteiger partial charge in [-0.2, -0.15) is 0 Å². The lowest BCUT2D eigenvalue weighted by Gasteiger charge is -2.35. The number of aromatic nitrogens is 3. The van der Waals surface area contributed by atoms with Gasteiger partial charge >= 0.3 is 0 Å². The van der Waals surface area contributed by atoms with E-state index in [0.29, 0.717) is 24.8 Å². The first-order valence-electron chi connectivity index (χ1n) is 8.80. The van der Waals surface area contributed by atoms with E-state index in [-0.39, 0.29) is 5.91 Å². The molecule has 0 bridgehead atoms. The van der Waals surface area contributed by atoms with Crippen LogP contribution in [0.15, 0.2) is 29.2 Å². The summed E-state index contributed by atoms with van der Waals surface area (Å²) in [5, 5.41) is 3.66. The first-order chi connectivity index (χ1) is 12.2. The van der Waals surface area contributed by atoms with E-state index in [0.717, 1.165) is 45.1 Å². The average Bonchev–Trinajstić information content (AvgIpc) is 3.26. The van der Waals surface area contributed by atoms with Gasteiger partial charge in [-0.15, -0.1) is 0 Å². The van der Waals surface area contributed by atoms with Gasteiger partial charge in [0.2, 0.25) is 5.76 Å². The van der Waals surface area contributed by atoms with E-state index in [1.165, 1.54) is 6.20 Å². The van der Waals surface area contributed by atoms with Crippen LogP contribution in [0.1, 0.15) is 16.4 Å². The molecule has 0 aromatic carbocycles. The third kappa shape index (κ3) is 3.59. The molecule has 1 fully saturated rings. The highest BCUT2D eigenvalue weighted by Gasteiger charge is 2.29. The molecule has 1 unspecified atom stereocenters. The highest BCUT2D eigenvalue weighted by atomic mass is 16.5. The molecule has 0 aliphatic carbocycles. The maximum absolute atomic E-state index is 12.8. The standard InChI is InChI=1S/C17H24N6O2/c1-20-6-8-21(9-7-20)10-14-11-22-5-4-18-16(22)13-23(12-14)17(24)15-2-3-19-25-15/h2-5,14H,6-13H2,1H3. The van der Waals surface area contributed by atoms with Gasteiger partial charge < -0.3 is 23.8 Å². The summed E-state index contributed by atoms with van der Waals surface area (Å²) in [7, 11) is 2.17. The van der Waals surface area contributed by atoms with Gasteiger partial charge in [-0.3, -0.25) is 4.79 Å². The molecule has 4 rings (SSSR count). The summed E-state index contributed by atoms with van der Waals surface area (Å²) in [4.78, 5) is 23.9. The summed E-state index contributed by atoms with van der Waals surface area (Å²) in [6.45, 7) is 7.46. The molecule has 2 aromatic rings. The van der Waals surface area contributed by atoms with Crippen LogP contribution in [0.25, 0.3) is 0 Å². The van der Waals surface area contributed by atoms with Crippen molar-refractivity contribution in [1.82, 2.24) is 29.4 Å². The Hall–Kier alpha value is -2.19. The minimum absolute atomic E-state index is 0.114. The highest BCUT2D eigenvalue weighted by molar-refractivity contribution is 5.91. The highest BCUT2D eigenvalue weighted by Crippen LogP contribution is 2.19. The van der Waals surface area contributed by atoms with Crippen LogP contribution >= 0.6 is 0 Å². The van der Waals surface area contributed by atoms with Crippen LogP contribution in [-0.4, -0.2) is 81.6 Å². The zero-order valence-corrected chi connectivity index (χ0v) is 14.5. The van der Waals surface area contributed by atoms with Crippen LogP contribution in [0, 0.1) is 5.92 Å². The molecule has 0 saturated carbocycles. The van der Waals surface area contributed by atoms with Crippen molar-refractivity contribution in [3.63, 3.8) is 0 Å². The maximum Gasteiger partial charge on any atom is 0.292 e. The number of hydrogen-bond donors (Lipinski definition) is 0.